The minimum Gasteiger partial charge on any atom is -0.492 e. The maximum Gasteiger partial charge on any atom is 0.119 e. The van der Waals surface area contributed by atoms with Gasteiger partial charge in [0.2, 0.25) is 0 Å². The quantitative estimate of drug-likeness (QED) is 0.685. The molecule has 1 aromatic carbocycles. The van der Waals surface area contributed by atoms with Gasteiger partial charge in [-0.05, 0) is 31.3 Å². The summed E-state index contributed by atoms with van der Waals surface area (Å²) >= 11 is 0. The van der Waals surface area contributed by atoms with Gasteiger partial charge in [-0.3, -0.25) is 0 Å². The average molecular weight is 192 g/mol. The average Bonchev–Trinajstić information content (AvgIpc) is 2.26. The summed E-state index contributed by atoms with van der Waals surface area (Å²) in [5, 5.41) is 0. The van der Waals surface area contributed by atoms with Gasteiger partial charge < -0.3 is 9.64 Å². The summed E-state index contributed by atoms with van der Waals surface area (Å²) in [4.78, 5) is 2.34. The Hall–Kier alpha value is -1.02. The number of hydrogen-bond acceptors (Lipinski definition) is 2. The molecule has 0 aliphatic heterocycles. The van der Waals surface area contributed by atoms with Crippen molar-refractivity contribution in [3.63, 3.8) is 0 Å². The fraction of sp³-hybridized carbons (Fsp3) is 0.500. The van der Waals surface area contributed by atoms with Crippen molar-refractivity contribution in [1.82, 2.24) is 4.90 Å². The van der Waals surface area contributed by atoms with E-state index < -0.39 is 0 Å². The number of nitrogens with zero attached hydrogens (tertiary/aromatic N) is 1. The van der Waals surface area contributed by atoms with Gasteiger partial charge in [-0.2, -0.15) is 0 Å². The van der Waals surface area contributed by atoms with Gasteiger partial charge in [-0.1, -0.05) is 26.0 Å². The minimum absolute atomic E-state index is 0.750. The molecule has 0 atom stereocenters. The van der Waals surface area contributed by atoms with Crippen LogP contribution >= 0.6 is 0 Å². The van der Waals surface area contributed by atoms with Gasteiger partial charge in [0.25, 0.3) is 0 Å². The summed E-state index contributed by atoms with van der Waals surface area (Å²) < 4.78 is 5.57. The fourth-order valence-corrected chi connectivity index (χ4v) is 1.30. The van der Waals surface area contributed by atoms with Crippen LogP contribution in [-0.4, -0.2) is 31.1 Å². The summed E-state index contributed by atoms with van der Waals surface area (Å²) in [6.45, 7) is 8.24. The van der Waals surface area contributed by atoms with Crippen molar-refractivity contribution in [2.75, 3.05) is 26.2 Å². The molecule has 0 aliphatic rings. The second-order valence-corrected chi connectivity index (χ2v) is 3.11. The fourth-order valence-electron chi connectivity index (χ4n) is 1.30. The normalized spacial score (nSPS) is 10.5. The number of rotatable bonds is 6. The summed E-state index contributed by atoms with van der Waals surface area (Å²) in [6.07, 6.45) is 0. The lowest BCUT2D eigenvalue weighted by atomic mass is 10.3. The van der Waals surface area contributed by atoms with Crippen molar-refractivity contribution >= 4 is 0 Å². The van der Waals surface area contributed by atoms with E-state index in [9.17, 15) is 0 Å². The molecule has 2 nitrogen and oxygen atoms in total. The Kier molecular flexibility index (Phi) is 5.08. The zero-order chi connectivity index (χ0) is 10.2. The molecule has 0 saturated heterocycles. The van der Waals surface area contributed by atoms with Gasteiger partial charge in [-0.25, -0.2) is 0 Å². The molecule has 1 radical (unpaired) electrons. The van der Waals surface area contributed by atoms with Gasteiger partial charge in [0.15, 0.2) is 0 Å². The molecule has 0 spiro atoms. The van der Waals surface area contributed by atoms with E-state index in [1.54, 1.807) is 0 Å². The molecule has 77 valence electrons. The zero-order valence-corrected chi connectivity index (χ0v) is 8.99. The molecule has 0 unspecified atom stereocenters. The first-order valence-electron chi connectivity index (χ1n) is 5.18. The van der Waals surface area contributed by atoms with Crippen molar-refractivity contribution in [2.45, 2.75) is 13.8 Å². The molecule has 0 bridgehead atoms. The number of hydrogen-bond donors (Lipinski definition) is 0. The Morgan fingerprint density at radius 1 is 1.36 bits per heavy atom. The maximum atomic E-state index is 5.57. The summed E-state index contributed by atoms with van der Waals surface area (Å²) in [5.41, 5.74) is 0. The highest BCUT2D eigenvalue weighted by atomic mass is 16.5. The third-order valence-corrected chi connectivity index (χ3v) is 2.25. The molecule has 0 aromatic heterocycles. The predicted molar refractivity (Wildman–Crippen MR) is 58.6 cm³/mol. The number of ether oxygens (including phenoxy) is 1. The highest BCUT2D eigenvalue weighted by Gasteiger charge is 1.98. The highest BCUT2D eigenvalue weighted by Crippen LogP contribution is 2.07. The third-order valence-electron chi connectivity index (χ3n) is 2.25. The van der Waals surface area contributed by atoms with Gasteiger partial charge in [0, 0.05) is 6.54 Å². The molecule has 1 aromatic rings. The molecule has 0 N–H and O–H groups in total. The van der Waals surface area contributed by atoms with E-state index in [4.69, 9.17) is 4.74 Å². The third kappa shape index (κ3) is 3.79. The standard InChI is InChI=1S/C12H18NO/c1-3-13(4-2)10-11-14-12-8-6-5-7-9-12/h5-6,8-9H,3-4,10-11H2,1-2H3. The maximum absolute atomic E-state index is 5.57. The molecule has 14 heavy (non-hydrogen) atoms. The SMILES string of the molecule is CCN(CC)CCOc1c[c]ccc1. The Bertz CT molecular complexity index is 231. The highest BCUT2D eigenvalue weighted by molar-refractivity contribution is 5.19. The smallest absolute Gasteiger partial charge is 0.119 e. The predicted octanol–water partition coefficient (Wildman–Crippen LogP) is 2.21. The van der Waals surface area contributed by atoms with Crippen LogP contribution in [0.25, 0.3) is 0 Å². The van der Waals surface area contributed by atoms with Crippen LogP contribution in [0.2, 0.25) is 0 Å². The van der Waals surface area contributed by atoms with Crippen LogP contribution in [-0.2, 0) is 0 Å². The largest absolute Gasteiger partial charge is 0.492 e. The van der Waals surface area contributed by atoms with Crippen LogP contribution in [0.1, 0.15) is 13.8 Å². The van der Waals surface area contributed by atoms with Gasteiger partial charge in [0.05, 0.1) is 0 Å². The molecule has 0 amide bonds. The molecule has 0 heterocycles. The Labute approximate surface area is 86.5 Å². The van der Waals surface area contributed by atoms with Gasteiger partial charge in [-0.15, -0.1) is 0 Å². The van der Waals surface area contributed by atoms with Crippen molar-refractivity contribution in [1.29, 1.82) is 0 Å². The Morgan fingerprint density at radius 3 is 2.71 bits per heavy atom. The van der Waals surface area contributed by atoms with Gasteiger partial charge in [0.1, 0.15) is 12.4 Å². The van der Waals surface area contributed by atoms with Crippen LogP contribution < -0.4 is 4.74 Å². The summed E-state index contributed by atoms with van der Waals surface area (Å²) in [5.74, 6) is 0.902. The van der Waals surface area contributed by atoms with E-state index in [-0.39, 0.29) is 0 Å². The first-order valence-corrected chi connectivity index (χ1v) is 5.18. The van der Waals surface area contributed by atoms with Gasteiger partial charge >= 0.3 is 0 Å². The van der Waals surface area contributed by atoms with Crippen LogP contribution in [0.15, 0.2) is 24.3 Å². The second-order valence-electron chi connectivity index (χ2n) is 3.11. The Balaban J connectivity index is 2.21. The summed E-state index contributed by atoms with van der Waals surface area (Å²) in [7, 11) is 0. The number of likely N-dealkylation sites (N-methyl/N-ethyl adjacent to an activating group) is 1. The van der Waals surface area contributed by atoms with E-state index in [0.717, 1.165) is 32.0 Å². The van der Waals surface area contributed by atoms with Crippen molar-refractivity contribution in [3.05, 3.63) is 30.3 Å². The topological polar surface area (TPSA) is 12.5 Å². The molecular weight excluding hydrogens is 174 g/mol. The zero-order valence-electron chi connectivity index (χ0n) is 8.99. The van der Waals surface area contributed by atoms with E-state index in [1.807, 2.05) is 24.3 Å². The lowest BCUT2D eigenvalue weighted by molar-refractivity contribution is 0.223. The van der Waals surface area contributed by atoms with Crippen LogP contribution in [0.4, 0.5) is 0 Å². The first kappa shape index (κ1) is 11.1. The van der Waals surface area contributed by atoms with E-state index in [1.165, 1.54) is 0 Å². The van der Waals surface area contributed by atoms with Crippen LogP contribution in [0, 0.1) is 6.07 Å². The van der Waals surface area contributed by atoms with Crippen molar-refractivity contribution in [2.24, 2.45) is 0 Å². The summed E-state index contributed by atoms with van der Waals surface area (Å²) in [6, 6.07) is 10.6. The molecule has 0 saturated carbocycles. The molecule has 0 fully saturated rings. The first-order chi connectivity index (χ1) is 6.86. The molecule has 2 heteroatoms. The number of benzene rings is 1. The molecule has 0 aliphatic carbocycles. The van der Waals surface area contributed by atoms with Crippen molar-refractivity contribution < 1.29 is 4.74 Å². The van der Waals surface area contributed by atoms with E-state index in [2.05, 4.69) is 24.8 Å². The van der Waals surface area contributed by atoms with E-state index >= 15 is 0 Å². The molecule has 1 rings (SSSR count). The second kappa shape index (κ2) is 6.44. The Morgan fingerprint density at radius 2 is 2.14 bits per heavy atom. The van der Waals surface area contributed by atoms with E-state index in [0.29, 0.717) is 0 Å². The van der Waals surface area contributed by atoms with Crippen LogP contribution in [0.3, 0.4) is 0 Å². The molecular formula is C12H18NO. The minimum atomic E-state index is 0.750. The van der Waals surface area contributed by atoms with Crippen LogP contribution in [0.5, 0.6) is 5.75 Å². The monoisotopic (exact) mass is 192 g/mol. The lowest BCUT2D eigenvalue weighted by Crippen LogP contribution is -2.27. The lowest BCUT2D eigenvalue weighted by Gasteiger charge is -2.17. The van der Waals surface area contributed by atoms with Crippen molar-refractivity contribution in [3.8, 4) is 5.75 Å².